The average molecular weight is 1400 g/mol. The topological polar surface area (TPSA) is 249 Å². The van der Waals surface area contributed by atoms with Crippen molar-refractivity contribution in [3.8, 4) is 23.0 Å². The number of H-pyrrole nitrogens is 1. The second kappa shape index (κ2) is 34.6. The van der Waals surface area contributed by atoms with Crippen molar-refractivity contribution in [3.05, 3.63) is 174 Å². The Morgan fingerprint density at radius 2 is 1.43 bits per heavy atom. The summed E-state index contributed by atoms with van der Waals surface area (Å²) in [6.07, 6.45) is 3.63. The molecule has 5 atom stereocenters. The van der Waals surface area contributed by atoms with Crippen LogP contribution in [0.4, 0.5) is 28.4 Å². The molecule has 0 aliphatic carbocycles. The Bertz CT molecular complexity index is 4020. The molecule has 94 heavy (non-hydrogen) atoms. The number of anilines is 3. The third-order valence-electron chi connectivity index (χ3n) is 14.5. The van der Waals surface area contributed by atoms with E-state index in [1.807, 2.05) is 104 Å². The highest BCUT2D eigenvalue weighted by Gasteiger charge is 2.41. The third kappa shape index (κ3) is 19.9. The normalized spacial score (nSPS) is 14.7. The van der Waals surface area contributed by atoms with Gasteiger partial charge < -0.3 is 33.8 Å². The van der Waals surface area contributed by atoms with Crippen molar-refractivity contribution >= 4 is 127 Å². The number of aromatic amines is 1. The highest BCUT2D eigenvalue weighted by atomic mass is 35.5. The molecule has 498 valence electrons. The SMILES string of the molecule is CCC(Oc1cccc(C)c1)C(=O)Nc1ccc(Cl)c(N=C2NN(c3c(Cl)cc(Cl)cc3Cl)C(=O)C2N=Nc2ccc(C)cc2)c1.CCCCCCC(Oc1ccc(C)cc1C)C(=O)Nc1ccc(OCCOCC)c(OS(=O)NCC(C)c2nc3c(Cl)c(C)[nH]n3n2)c1. The molecule has 1 aliphatic heterocycles. The van der Waals surface area contributed by atoms with E-state index in [1.165, 1.54) is 16.8 Å². The smallest absolute Gasteiger partial charge is 0.288 e. The van der Waals surface area contributed by atoms with E-state index >= 15 is 0 Å². The number of hydrogen-bond acceptors (Lipinski definition) is 14. The molecule has 0 saturated carbocycles. The molecule has 2 aromatic heterocycles. The summed E-state index contributed by atoms with van der Waals surface area (Å²) in [6.45, 7) is 19.0. The predicted molar refractivity (Wildman–Crippen MR) is 373 cm³/mol. The zero-order valence-corrected chi connectivity index (χ0v) is 58.0. The minimum atomic E-state index is -1.96. The van der Waals surface area contributed by atoms with E-state index in [1.54, 1.807) is 54.6 Å². The van der Waals surface area contributed by atoms with Crippen LogP contribution in [0.5, 0.6) is 23.0 Å². The first-order valence-corrected chi connectivity index (χ1v) is 33.6. The molecular formula is C67H75Cl5N12O9S. The number of carbonyl (C=O) groups excluding carboxylic acids is 3. The van der Waals surface area contributed by atoms with Gasteiger partial charge in [-0.3, -0.25) is 24.9 Å². The minimum Gasteiger partial charge on any atom is -0.487 e. The second-order valence-electron chi connectivity index (χ2n) is 22.2. The van der Waals surface area contributed by atoms with E-state index in [4.69, 9.17) is 81.1 Å². The van der Waals surface area contributed by atoms with Gasteiger partial charge in [0.2, 0.25) is 6.04 Å². The fourth-order valence-electron chi connectivity index (χ4n) is 9.47. The zero-order chi connectivity index (χ0) is 67.6. The summed E-state index contributed by atoms with van der Waals surface area (Å²) in [5, 5.41) is 24.4. The van der Waals surface area contributed by atoms with E-state index in [0.29, 0.717) is 81.9 Å². The lowest BCUT2D eigenvalue weighted by molar-refractivity contribution is -0.123. The van der Waals surface area contributed by atoms with E-state index in [0.717, 1.165) is 58.6 Å². The number of fused-ring (bicyclic) bond motifs is 1. The van der Waals surface area contributed by atoms with Crippen molar-refractivity contribution < 1.29 is 41.7 Å². The van der Waals surface area contributed by atoms with Crippen LogP contribution in [0.2, 0.25) is 25.1 Å². The van der Waals surface area contributed by atoms with Crippen molar-refractivity contribution in [3.63, 3.8) is 0 Å². The number of aliphatic imine (C=N–C) groups is 1. The van der Waals surface area contributed by atoms with Gasteiger partial charge in [0.1, 0.15) is 28.8 Å². The van der Waals surface area contributed by atoms with E-state index in [9.17, 15) is 18.6 Å². The van der Waals surface area contributed by atoms with Crippen molar-refractivity contribution in [1.29, 1.82) is 0 Å². The molecule has 0 spiro atoms. The molecular weight excluding hydrogens is 1330 g/mol. The van der Waals surface area contributed by atoms with Crippen LogP contribution in [-0.2, 0) is 30.4 Å². The minimum absolute atomic E-state index is 0.0996. The number of amides is 3. The van der Waals surface area contributed by atoms with Gasteiger partial charge in [-0.05, 0) is 145 Å². The number of aromatic nitrogens is 4. The summed E-state index contributed by atoms with van der Waals surface area (Å²) >= 11 is 29.9. The number of hydrazine groups is 1. The zero-order valence-electron chi connectivity index (χ0n) is 53.5. The Labute approximate surface area is 574 Å². The number of nitrogens with zero attached hydrogens (tertiary/aromatic N) is 7. The lowest BCUT2D eigenvalue weighted by Gasteiger charge is -2.21. The number of nitrogens with one attached hydrogen (secondary N) is 5. The number of rotatable bonds is 29. The molecule has 3 amide bonds. The molecule has 9 rings (SSSR count). The van der Waals surface area contributed by atoms with Crippen LogP contribution < -0.4 is 44.2 Å². The lowest BCUT2D eigenvalue weighted by atomic mass is 10.1. The highest BCUT2D eigenvalue weighted by molar-refractivity contribution is 7.78. The van der Waals surface area contributed by atoms with E-state index in [-0.39, 0.29) is 68.9 Å². The largest absolute Gasteiger partial charge is 0.487 e. The van der Waals surface area contributed by atoms with Crippen LogP contribution in [-0.4, -0.2) is 92.2 Å². The maximum Gasteiger partial charge on any atom is 0.288 e. The number of azo groups is 1. The fourth-order valence-corrected chi connectivity index (χ4v) is 11.5. The van der Waals surface area contributed by atoms with Gasteiger partial charge in [0.15, 0.2) is 41.0 Å². The lowest BCUT2D eigenvalue weighted by Crippen LogP contribution is -2.36. The van der Waals surface area contributed by atoms with Crippen LogP contribution >= 0.6 is 58.0 Å². The van der Waals surface area contributed by atoms with Gasteiger partial charge >= 0.3 is 0 Å². The Kier molecular flexibility index (Phi) is 26.5. The number of aryl methyl sites for hydroxylation is 5. The highest BCUT2D eigenvalue weighted by Crippen LogP contribution is 2.39. The summed E-state index contributed by atoms with van der Waals surface area (Å²) in [6, 6.07) is 32.2. The van der Waals surface area contributed by atoms with Gasteiger partial charge in [0.05, 0.1) is 38.7 Å². The number of halogens is 5. The standard InChI is InChI=1S/C34H47ClN6O6S.C33H28Cl4N6O3/c1-7-9-10-11-12-29(46-27-15-13-22(3)19-23(27)4)34(42)37-26-14-16-28(45-18-17-44-8-2)30(20-26)47-48(43)36-21-24(5)32-38-33-31(35)25(6)39-41(33)40-32;1-4-28(46-23-7-5-6-19(3)14-23)32(44)38-22-12-13-24(35)27(17-22)39-31-29(41-40-21-10-8-18(2)9-11-21)33(45)43(42-31)30-25(36)15-20(34)16-26(30)37/h13-16,19-20,24,29,36,39H,7-12,17-18,21H2,1-6H3,(H,37,42);5-17,28-29H,4H2,1-3H3,(H,38,44)(H,39,42). The van der Waals surface area contributed by atoms with Crippen molar-refractivity contribution in [2.75, 3.05) is 42.0 Å². The van der Waals surface area contributed by atoms with E-state index < -0.39 is 35.4 Å². The van der Waals surface area contributed by atoms with Gasteiger partial charge in [-0.2, -0.15) is 19.1 Å². The molecule has 1 aliphatic rings. The first-order valence-electron chi connectivity index (χ1n) is 30.6. The van der Waals surface area contributed by atoms with Gasteiger partial charge in [-0.1, -0.05) is 146 Å². The molecule has 27 heteroatoms. The molecule has 3 heterocycles. The van der Waals surface area contributed by atoms with Crippen LogP contribution in [0.3, 0.4) is 0 Å². The summed E-state index contributed by atoms with van der Waals surface area (Å²) in [5.74, 6) is 1.07. The Balaban J connectivity index is 0.000000241. The molecule has 5 N–H and O–H groups in total. The van der Waals surface area contributed by atoms with Crippen molar-refractivity contribution in [2.45, 2.75) is 125 Å². The van der Waals surface area contributed by atoms with Gasteiger partial charge in [-0.25, -0.2) is 19.7 Å². The van der Waals surface area contributed by atoms with Crippen LogP contribution in [0.25, 0.3) is 5.65 Å². The van der Waals surface area contributed by atoms with Gasteiger partial charge in [0.25, 0.3) is 29.0 Å². The molecule has 0 radical (unpaired) electrons. The summed E-state index contributed by atoms with van der Waals surface area (Å²) < 4.78 is 46.8. The number of hydrogen-bond donors (Lipinski definition) is 5. The van der Waals surface area contributed by atoms with E-state index in [2.05, 4.69) is 58.1 Å². The monoisotopic (exact) mass is 1400 g/mol. The number of carbonyl (C=O) groups is 3. The maximum atomic E-state index is 13.7. The number of benzene rings is 6. The summed E-state index contributed by atoms with van der Waals surface area (Å²) in [7, 11) is 0. The van der Waals surface area contributed by atoms with Gasteiger partial charge in [-0.15, -0.1) is 5.10 Å². The summed E-state index contributed by atoms with van der Waals surface area (Å²) in [5.41, 5.74) is 10.2. The molecule has 6 aromatic carbocycles. The first kappa shape index (κ1) is 72.0. The number of ether oxygens (including phenoxy) is 4. The Hall–Kier alpha value is -7.80. The predicted octanol–water partition coefficient (Wildman–Crippen LogP) is 16.2. The van der Waals surface area contributed by atoms with Crippen LogP contribution in [0, 0.1) is 34.6 Å². The number of unbranched alkanes of at least 4 members (excludes halogenated alkanes) is 3. The third-order valence-corrected chi connectivity index (χ3v) is 16.8. The molecule has 21 nitrogen and oxygen atoms in total. The quantitative estimate of drug-likeness (QED) is 0.0217. The van der Waals surface area contributed by atoms with Crippen molar-refractivity contribution in [1.82, 2.24) is 30.0 Å². The number of amidine groups is 1. The molecule has 5 unspecified atom stereocenters. The first-order chi connectivity index (χ1) is 45.1. The van der Waals surface area contributed by atoms with Crippen molar-refractivity contribution in [2.24, 2.45) is 15.2 Å². The molecule has 1 saturated heterocycles. The summed E-state index contributed by atoms with van der Waals surface area (Å²) in [4.78, 5) is 49.6. The fraction of sp³-hybridized carbons (Fsp3) is 0.343. The van der Waals surface area contributed by atoms with Crippen LogP contribution in [0.15, 0.2) is 130 Å². The Morgan fingerprint density at radius 3 is 2.12 bits per heavy atom. The second-order valence-corrected chi connectivity index (χ2v) is 25.1. The Morgan fingerprint density at radius 1 is 0.734 bits per heavy atom. The van der Waals surface area contributed by atoms with Gasteiger partial charge in [0, 0.05) is 41.5 Å². The molecule has 1 fully saturated rings. The average Bonchev–Trinajstić information content (AvgIpc) is 1.62. The molecule has 8 aromatic rings. The maximum absolute atomic E-state index is 13.7. The molecule has 0 bridgehead atoms. The van der Waals surface area contributed by atoms with Crippen LogP contribution in [0.1, 0.15) is 106 Å².